The van der Waals surface area contributed by atoms with Crippen LogP contribution < -0.4 is 11.1 Å². The maximum atomic E-state index is 12.0. The Kier molecular flexibility index (Phi) is 2.52. The Labute approximate surface area is 93.2 Å². The summed E-state index contributed by atoms with van der Waals surface area (Å²) in [6.07, 6.45) is 0. The lowest BCUT2D eigenvalue weighted by atomic mass is 10.1. The number of anilines is 2. The highest BCUT2D eigenvalue weighted by Crippen LogP contribution is 2.23. The van der Waals surface area contributed by atoms with E-state index in [9.17, 15) is 9.59 Å². The van der Waals surface area contributed by atoms with Gasteiger partial charge in [0.2, 0.25) is 5.91 Å². The van der Waals surface area contributed by atoms with Crippen molar-refractivity contribution in [3.8, 4) is 0 Å². The van der Waals surface area contributed by atoms with E-state index in [1.165, 1.54) is 4.90 Å². The number of likely N-dealkylation sites (N-methyl/N-ethyl adjacent to an activating group) is 1. The third kappa shape index (κ3) is 1.71. The van der Waals surface area contributed by atoms with E-state index < -0.39 is 0 Å². The third-order valence-electron chi connectivity index (χ3n) is 2.55. The summed E-state index contributed by atoms with van der Waals surface area (Å²) in [5.41, 5.74) is 7.12. The number of nitrogens with one attached hydrogen (secondary N) is 1. The fourth-order valence-electron chi connectivity index (χ4n) is 1.71. The molecule has 0 spiro atoms. The number of carbonyl (C=O) groups excluding carboxylic acids is 2. The van der Waals surface area contributed by atoms with Gasteiger partial charge in [-0.05, 0) is 25.1 Å². The number of carbonyl (C=O) groups is 2. The van der Waals surface area contributed by atoms with Crippen LogP contribution in [0.25, 0.3) is 0 Å². The molecule has 3 N–H and O–H groups in total. The van der Waals surface area contributed by atoms with Gasteiger partial charge >= 0.3 is 0 Å². The molecule has 0 aliphatic carbocycles. The molecular formula is C11H13N3O2. The number of nitrogen functional groups attached to an aromatic ring is 1. The van der Waals surface area contributed by atoms with E-state index in [1.807, 2.05) is 6.92 Å². The Morgan fingerprint density at radius 2 is 2.19 bits per heavy atom. The van der Waals surface area contributed by atoms with E-state index in [1.54, 1.807) is 18.2 Å². The van der Waals surface area contributed by atoms with Crippen LogP contribution in [0.1, 0.15) is 17.3 Å². The molecule has 0 fully saturated rings. The number of fused-ring (bicyclic) bond motifs is 1. The van der Waals surface area contributed by atoms with Crippen LogP contribution in [0.5, 0.6) is 0 Å². The molecule has 0 aromatic heterocycles. The molecule has 0 saturated carbocycles. The zero-order chi connectivity index (χ0) is 11.7. The molecule has 0 unspecified atom stereocenters. The Morgan fingerprint density at radius 3 is 2.88 bits per heavy atom. The zero-order valence-electron chi connectivity index (χ0n) is 8.99. The first-order valence-corrected chi connectivity index (χ1v) is 5.10. The summed E-state index contributed by atoms with van der Waals surface area (Å²) in [6, 6.07) is 4.90. The molecule has 1 heterocycles. The van der Waals surface area contributed by atoms with E-state index in [2.05, 4.69) is 5.32 Å². The van der Waals surface area contributed by atoms with Crippen LogP contribution in [0.15, 0.2) is 18.2 Å². The second-order valence-corrected chi connectivity index (χ2v) is 3.67. The lowest BCUT2D eigenvalue weighted by molar-refractivity contribution is -0.116. The fraction of sp³-hybridized carbons (Fsp3) is 0.273. The van der Waals surface area contributed by atoms with Gasteiger partial charge in [-0.1, -0.05) is 0 Å². The Hall–Kier alpha value is -2.04. The van der Waals surface area contributed by atoms with Crippen molar-refractivity contribution in [1.29, 1.82) is 0 Å². The molecular weight excluding hydrogens is 206 g/mol. The largest absolute Gasteiger partial charge is 0.399 e. The van der Waals surface area contributed by atoms with Crippen molar-refractivity contribution in [3.63, 3.8) is 0 Å². The number of hydrogen-bond donors (Lipinski definition) is 2. The molecule has 16 heavy (non-hydrogen) atoms. The highest BCUT2D eigenvalue weighted by Gasteiger charge is 2.24. The highest BCUT2D eigenvalue weighted by atomic mass is 16.2. The minimum absolute atomic E-state index is 0.0872. The minimum atomic E-state index is -0.195. The second-order valence-electron chi connectivity index (χ2n) is 3.67. The maximum absolute atomic E-state index is 12.0. The van der Waals surface area contributed by atoms with Crippen molar-refractivity contribution in [2.45, 2.75) is 6.92 Å². The standard InChI is InChI=1S/C11H13N3O2/c1-2-14-6-10(15)13-9-5-7(12)3-4-8(9)11(14)16/h3-5H,2,6,12H2,1H3,(H,13,15). The van der Waals surface area contributed by atoms with Gasteiger partial charge in [0.1, 0.15) is 6.54 Å². The normalized spacial score (nSPS) is 15.4. The van der Waals surface area contributed by atoms with Gasteiger partial charge in [0.15, 0.2) is 0 Å². The molecule has 1 aromatic carbocycles. The Balaban J connectivity index is 2.50. The molecule has 1 aromatic rings. The number of rotatable bonds is 1. The minimum Gasteiger partial charge on any atom is -0.399 e. The van der Waals surface area contributed by atoms with Crippen LogP contribution in [0.2, 0.25) is 0 Å². The van der Waals surface area contributed by atoms with E-state index in [-0.39, 0.29) is 18.4 Å². The predicted octanol–water partition coefficient (Wildman–Crippen LogP) is 0.683. The molecule has 2 rings (SSSR count). The van der Waals surface area contributed by atoms with Crippen LogP contribution in [-0.2, 0) is 4.79 Å². The maximum Gasteiger partial charge on any atom is 0.256 e. The topological polar surface area (TPSA) is 75.4 Å². The van der Waals surface area contributed by atoms with Crippen molar-refractivity contribution < 1.29 is 9.59 Å². The van der Waals surface area contributed by atoms with E-state index in [4.69, 9.17) is 5.73 Å². The van der Waals surface area contributed by atoms with E-state index in [0.717, 1.165) is 0 Å². The summed E-state index contributed by atoms with van der Waals surface area (Å²) < 4.78 is 0. The number of hydrogen-bond acceptors (Lipinski definition) is 3. The summed E-state index contributed by atoms with van der Waals surface area (Å²) in [5.74, 6) is -0.338. The van der Waals surface area contributed by atoms with Gasteiger partial charge in [0, 0.05) is 12.2 Å². The monoisotopic (exact) mass is 219 g/mol. The average molecular weight is 219 g/mol. The van der Waals surface area contributed by atoms with E-state index >= 15 is 0 Å². The first-order chi connectivity index (χ1) is 7.61. The van der Waals surface area contributed by atoms with Crippen molar-refractivity contribution in [3.05, 3.63) is 23.8 Å². The summed E-state index contributed by atoms with van der Waals surface area (Å²) in [7, 11) is 0. The first-order valence-electron chi connectivity index (χ1n) is 5.10. The van der Waals surface area contributed by atoms with Crippen LogP contribution >= 0.6 is 0 Å². The molecule has 5 heteroatoms. The third-order valence-corrected chi connectivity index (χ3v) is 2.55. The molecule has 5 nitrogen and oxygen atoms in total. The molecule has 84 valence electrons. The lowest BCUT2D eigenvalue weighted by Gasteiger charge is -2.16. The van der Waals surface area contributed by atoms with Gasteiger partial charge in [0.05, 0.1) is 11.3 Å². The Morgan fingerprint density at radius 1 is 1.44 bits per heavy atom. The highest BCUT2D eigenvalue weighted by molar-refractivity contribution is 6.08. The molecule has 0 radical (unpaired) electrons. The molecule has 1 aliphatic rings. The zero-order valence-corrected chi connectivity index (χ0v) is 8.99. The summed E-state index contributed by atoms with van der Waals surface area (Å²) in [6.45, 7) is 2.44. The predicted molar refractivity (Wildman–Crippen MR) is 61.1 cm³/mol. The number of nitrogens with two attached hydrogens (primary N) is 1. The molecule has 0 bridgehead atoms. The molecule has 2 amide bonds. The van der Waals surface area contributed by atoms with Gasteiger partial charge in [-0.25, -0.2) is 0 Å². The Bertz CT molecular complexity index is 457. The summed E-state index contributed by atoms with van der Waals surface area (Å²) in [5, 5.41) is 2.68. The van der Waals surface area contributed by atoms with E-state index in [0.29, 0.717) is 23.5 Å². The van der Waals surface area contributed by atoms with Crippen molar-refractivity contribution in [2.75, 3.05) is 24.1 Å². The van der Waals surface area contributed by atoms with Gasteiger partial charge in [-0.15, -0.1) is 0 Å². The van der Waals surface area contributed by atoms with Gasteiger partial charge in [-0.2, -0.15) is 0 Å². The quantitative estimate of drug-likeness (QED) is 0.682. The number of benzene rings is 1. The van der Waals surface area contributed by atoms with Gasteiger partial charge < -0.3 is 16.0 Å². The fourth-order valence-corrected chi connectivity index (χ4v) is 1.71. The average Bonchev–Trinajstić information content (AvgIpc) is 2.35. The smallest absolute Gasteiger partial charge is 0.256 e. The SMILES string of the molecule is CCN1CC(=O)Nc2cc(N)ccc2C1=O. The number of nitrogens with zero attached hydrogens (tertiary/aromatic N) is 1. The second kappa shape index (κ2) is 3.84. The lowest BCUT2D eigenvalue weighted by Crippen LogP contribution is -2.34. The van der Waals surface area contributed by atoms with Crippen molar-refractivity contribution in [1.82, 2.24) is 4.90 Å². The van der Waals surface area contributed by atoms with Crippen molar-refractivity contribution >= 4 is 23.2 Å². The van der Waals surface area contributed by atoms with Crippen LogP contribution in [0.3, 0.4) is 0 Å². The first kappa shape index (κ1) is 10.5. The van der Waals surface area contributed by atoms with Crippen LogP contribution in [-0.4, -0.2) is 29.8 Å². The van der Waals surface area contributed by atoms with Gasteiger partial charge in [-0.3, -0.25) is 9.59 Å². The number of amides is 2. The molecule has 0 atom stereocenters. The summed E-state index contributed by atoms with van der Waals surface area (Å²) >= 11 is 0. The molecule has 1 aliphatic heterocycles. The van der Waals surface area contributed by atoms with Crippen LogP contribution in [0.4, 0.5) is 11.4 Å². The van der Waals surface area contributed by atoms with Gasteiger partial charge in [0.25, 0.3) is 5.91 Å². The summed E-state index contributed by atoms with van der Waals surface area (Å²) in [4.78, 5) is 25.0. The van der Waals surface area contributed by atoms with Crippen molar-refractivity contribution in [2.24, 2.45) is 0 Å². The van der Waals surface area contributed by atoms with Crippen LogP contribution in [0, 0.1) is 0 Å². The molecule has 0 saturated heterocycles.